The van der Waals surface area contributed by atoms with Crippen LogP contribution < -0.4 is 10.6 Å². The molecule has 5 heteroatoms. The fraction of sp³-hybridized carbons (Fsp3) is 0.667. The molecule has 1 amide bonds. The standard InChI is InChI=1S/C15H26N2O3/c1-11(12-7-8-19-9-12)16-10-15(5,6)17-13(18)20-14(2,3)4/h7-9,11,16H,10H2,1-6H3,(H,17,18). The predicted octanol–water partition coefficient (Wildman–Crippen LogP) is 3.23. The van der Waals surface area contributed by atoms with Crippen molar-refractivity contribution in [2.75, 3.05) is 6.54 Å². The highest BCUT2D eigenvalue weighted by molar-refractivity contribution is 5.68. The van der Waals surface area contributed by atoms with Crippen molar-refractivity contribution in [3.05, 3.63) is 24.2 Å². The number of alkyl carbamates (subject to hydrolysis) is 1. The smallest absolute Gasteiger partial charge is 0.408 e. The maximum absolute atomic E-state index is 11.8. The van der Waals surface area contributed by atoms with E-state index in [0.717, 1.165) is 5.56 Å². The zero-order valence-corrected chi connectivity index (χ0v) is 13.2. The normalized spacial score (nSPS) is 13.9. The van der Waals surface area contributed by atoms with Gasteiger partial charge in [0, 0.05) is 18.2 Å². The molecule has 1 heterocycles. The summed E-state index contributed by atoms with van der Waals surface area (Å²) < 4.78 is 10.3. The Bertz CT molecular complexity index is 419. The second kappa shape index (κ2) is 6.31. The largest absolute Gasteiger partial charge is 0.472 e. The first-order chi connectivity index (χ1) is 9.09. The summed E-state index contributed by atoms with van der Waals surface area (Å²) in [6, 6.07) is 2.08. The summed E-state index contributed by atoms with van der Waals surface area (Å²) in [7, 11) is 0. The van der Waals surface area contributed by atoms with Crippen LogP contribution in [-0.4, -0.2) is 23.8 Å². The number of carbonyl (C=O) groups excluding carboxylic acids is 1. The van der Waals surface area contributed by atoms with Crippen molar-refractivity contribution in [2.45, 2.75) is 58.7 Å². The number of hydrogen-bond donors (Lipinski definition) is 2. The van der Waals surface area contributed by atoms with Crippen LogP contribution in [0.1, 0.15) is 53.1 Å². The van der Waals surface area contributed by atoms with Crippen LogP contribution in [0.2, 0.25) is 0 Å². The zero-order chi connectivity index (χ0) is 15.4. The molecule has 1 unspecified atom stereocenters. The molecule has 1 aromatic heterocycles. The van der Waals surface area contributed by atoms with Crippen molar-refractivity contribution in [2.24, 2.45) is 0 Å². The molecule has 0 aromatic carbocycles. The highest BCUT2D eigenvalue weighted by atomic mass is 16.6. The van der Waals surface area contributed by atoms with Crippen molar-refractivity contribution in [3.63, 3.8) is 0 Å². The third-order valence-electron chi connectivity index (χ3n) is 2.73. The summed E-state index contributed by atoms with van der Waals surface area (Å²) >= 11 is 0. The summed E-state index contributed by atoms with van der Waals surface area (Å²) in [6.45, 7) is 12.1. The third-order valence-corrected chi connectivity index (χ3v) is 2.73. The number of furan rings is 1. The van der Waals surface area contributed by atoms with Crippen molar-refractivity contribution in [1.82, 2.24) is 10.6 Å². The Labute approximate surface area is 121 Å². The van der Waals surface area contributed by atoms with Crippen LogP contribution >= 0.6 is 0 Å². The van der Waals surface area contributed by atoms with Crippen molar-refractivity contribution in [1.29, 1.82) is 0 Å². The van der Waals surface area contributed by atoms with Crippen LogP contribution in [0.15, 0.2) is 23.0 Å². The average molecular weight is 282 g/mol. The summed E-state index contributed by atoms with van der Waals surface area (Å²) in [5.41, 5.74) is 0.191. The van der Waals surface area contributed by atoms with Crippen LogP contribution in [0.5, 0.6) is 0 Å². The molecule has 0 saturated heterocycles. The quantitative estimate of drug-likeness (QED) is 0.870. The van der Waals surface area contributed by atoms with Crippen LogP contribution in [0, 0.1) is 0 Å². The van der Waals surface area contributed by atoms with Gasteiger partial charge in [0.15, 0.2) is 0 Å². The highest BCUT2D eigenvalue weighted by Crippen LogP contribution is 2.14. The van der Waals surface area contributed by atoms with Crippen LogP contribution in [0.25, 0.3) is 0 Å². The molecule has 0 saturated carbocycles. The minimum Gasteiger partial charge on any atom is -0.472 e. The molecule has 1 rings (SSSR count). The van der Waals surface area contributed by atoms with Gasteiger partial charge in [-0.15, -0.1) is 0 Å². The molecule has 1 atom stereocenters. The molecule has 0 bridgehead atoms. The molecule has 5 nitrogen and oxygen atoms in total. The minimum absolute atomic E-state index is 0.161. The molecule has 0 aliphatic heterocycles. The van der Waals surface area contributed by atoms with E-state index in [-0.39, 0.29) is 6.04 Å². The second-order valence-corrected chi connectivity index (χ2v) is 6.67. The van der Waals surface area contributed by atoms with Gasteiger partial charge in [-0.05, 0) is 47.6 Å². The fourth-order valence-electron chi connectivity index (χ4n) is 1.67. The topological polar surface area (TPSA) is 63.5 Å². The Hall–Kier alpha value is -1.49. The Morgan fingerprint density at radius 3 is 2.50 bits per heavy atom. The molecule has 1 aromatic rings. The molecule has 0 aliphatic rings. The Morgan fingerprint density at radius 2 is 2.00 bits per heavy atom. The SMILES string of the molecule is CC(NCC(C)(C)NC(=O)OC(C)(C)C)c1ccoc1. The number of carbonyl (C=O) groups is 1. The maximum Gasteiger partial charge on any atom is 0.408 e. The second-order valence-electron chi connectivity index (χ2n) is 6.67. The van der Waals surface area contributed by atoms with Gasteiger partial charge in [0.2, 0.25) is 0 Å². The molecule has 0 spiro atoms. The molecule has 20 heavy (non-hydrogen) atoms. The van der Waals surface area contributed by atoms with Crippen molar-refractivity contribution in [3.8, 4) is 0 Å². The number of nitrogens with one attached hydrogen (secondary N) is 2. The number of rotatable bonds is 5. The summed E-state index contributed by atoms with van der Waals surface area (Å²) in [6.07, 6.45) is 2.96. The van der Waals surface area contributed by atoms with Gasteiger partial charge in [-0.2, -0.15) is 0 Å². The van der Waals surface area contributed by atoms with E-state index in [2.05, 4.69) is 17.6 Å². The summed E-state index contributed by atoms with van der Waals surface area (Å²) in [5, 5.41) is 6.23. The van der Waals surface area contributed by atoms with Gasteiger partial charge in [-0.25, -0.2) is 4.79 Å². The van der Waals surface area contributed by atoms with E-state index in [4.69, 9.17) is 9.15 Å². The van der Waals surface area contributed by atoms with Crippen LogP contribution in [0.4, 0.5) is 4.79 Å². The van der Waals surface area contributed by atoms with Gasteiger partial charge in [0.25, 0.3) is 0 Å². The molecular formula is C15H26N2O3. The molecular weight excluding hydrogens is 256 g/mol. The van der Waals surface area contributed by atoms with E-state index in [1.54, 1.807) is 12.5 Å². The maximum atomic E-state index is 11.8. The lowest BCUT2D eigenvalue weighted by Gasteiger charge is -2.30. The summed E-state index contributed by atoms with van der Waals surface area (Å²) in [5.74, 6) is 0. The first kappa shape index (κ1) is 16.6. The Balaban J connectivity index is 2.43. The van der Waals surface area contributed by atoms with E-state index in [9.17, 15) is 4.79 Å². The lowest BCUT2D eigenvalue weighted by atomic mass is 10.0. The average Bonchev–Trinajstić information content (AvgIpc) is 2.75. The zero-order valence-electron chi connectivity index (χ0n) is 13.2. The summed E-state index contributed by atoms with van der Waals surface area (Å²) in [4.78, 5) is 11.8. The van der Waals surface area contributed by atoms with Gasteiger partial charge in [0.05, 0.1) is 18.1 Å². The van der Waals surface area contributed by atoms with Crippen LogP contribution in [0.3, 0.4) is 0 Å². The molecule has 114 valence electrons. The van der Waals surface area contributed by atoms with Gasteiger partial charge < -0.3 is 19.8 Å². The van der Waals surface area contributed by atoms with E-state index in [1.807, 2.05) is 40.7 Å². The number of hydrogen-bond acceptors (Lipinski definition) is 4. The first-order valence-corrected chi connectivity index (χ1v) is 6.86. The highest BCUT2D eigenvalue weighted by Gasteiger charge is 2.25. The van der Waals surface area contributed by atoms with Gasteiger partial charge in [-0.3, -0.25) is 0 Å². The van der Waals surface area contributed by atoms with Crippen LogP contribution in [-0.2, 0) is 4.74 Å². The van der Waals surface area contributed by atoms with Crippen molar-refractivity contribution >= 4 is 6.09 Å². The van der Waals surface area contributed by atoms with Gasteiger partial charge in [0.1, 0.15) is 5.60 Å². The van der Waals surface area contributed by atoms with Crippen molar-refractivity contribution < 1.29 is 13.9 Å². The Morgan fingerprint density at radius 1 is 1.35 bits per heavy atom. The fourth-order valence-corrected chi connectivity index (χ4v) is 1.67. The number of ether oxygens (including phenoxy) is 1. The minimum atomic E-state index is -0.488. The molecule has 0 aliphatic carbocycles. The predicted molar refractivity (Wildman–Crippen MR) is 78.6 cm³/mol. The lowest BCUT2D eigenvalue weighted by Crippen LogP contribution is -2.51. The van der Waals surface area contributed by atoms with Gasteiger partial charge >= 0.3 is 6.09 Å². The van der Waals surface area contributed by atoms with E-state index in [0.29, 0.717) is 6.54 Å². The monoisotopic (exact) mass is 282 g/mol. The molecule has 2 N–H and O–H groups in total. The third kappa shape index (κ3) is 6.10. The Kier molecular flexibility index (Phi) is 5.22. The molecule has 0 fully saturated rings. The van der Waals surface area contributed by atoms with E-state index < -0.39 is 17.2 Å². The van der Waals surface area contributed by atoms with Gasteiger partial charge in [-0.1, -0.05) is 0 Å². The van der Waals surface area contributed by atoms with E-state index in [1.165, 1.54) is 0 Å². The molecule has 0 radical (unpaired) electrons. The first-order valence-electron chi connectivity index (χ1n) is 6.86. The lowest BCUT2D eigenvalue weighted by molar-refractivity contribution is 0.0471. The number of amides is 1. The van der Waals surface area contributed by atoms with E-state index >= 15 is 0 Å².